The summed E-state index contributed by atoms with van der Waals surface area (Å²) in [6, 6.07) is 7.72. The third kappa shape index (κ3) is 2.85. The minimum absolute atomic E-state index is 0.304. The molecule has 0 atom stereocenters. The van der Waals surface area contributed by atoms with Crippen LogP contribution < -0.4 is 5.32 Å². The van der Waals surface area contributed by atoms with Gasteiger partial charge in [0.2, 0.25) is 0 Å². The first kappa shape index (κ1) is 14.7. The first-order valence-corrected chi connectivity index (χ1v) is 7.59. The first-order chi connectivity index (χ1) is 10.7. The van der Waals surface area contributed by atoms with Crippen LogP contribution in [0, 0.1) is 0 Å². The fourth-order valence-corrected chi connectivity index (χ4v) is 2.65. The van der Waals surface area contributed by atoms with Gasteiger partial charge in [-0.3, -0.25) is 0 Å². The number of H-pyrrole nitrogens is 1. The van der Waals surface area contributed by atoms with Crippen molar-refractivity contribution in [3.8, 4) is 5.69 Å². The van der Waals surface area contributed by atoms with E-state index in [1.165, 1.54) is 0 Å². The molecule has 0 aliphatic heterocycles. The number of para-hydroxylation sites is 1. The van der Waals surface area contributed by atoms with Gasteiger partial charge in [0.05, 0.1) is 34.8 Å². The molecule has 22 heavy (non-hydrogen) atoms. The quantitative estimate of drug-likeness (QED) is 0.748. The van der Waals surface area contributed by atoms with Crippen molar-refractivity contribution in [2.45, 2.75) is 26.3 Å². The van der Waals surface area contributed by atoms with Crippen molar-refractivity contribution in [1.82, 2.24) is 19.7 Å². The summed E-state index contributed by atoms with van der Waals surface area (Å²) in [5.74, 6) is 1.19. The van der Waals surface area contributed by atoms with Crippen LogP contribution in [0.2, 0.25) is 5.02 Å². The van der Waals surface area contributed by atoms with E-state index in [2.05, 4.69) is 34.2 Å². The molecule has 0 saturated heterocycles. The van der Waals surface area contributed by atoms with E-state index in [9.17, 15) is 0 Å². The number of hydrogen-bond donors (Lipinski definition) is 2. The van der Waals surface area contributed by atoms with Crippen LogP contribution in [0.25, 0.3) is 5.69 Å². The molecule has 2 heterocycles. The molecule has 2 aromatic heterocycles. The number of aromatic nitrogens is 4. The Morgan fingerprint density at radius 2 is 2.14 bits per heavy atom. The zero-order valence-corrected chi connectivity index (χ0v) is 13.3. The Balaban J connectivity index is 1.94. The van der Waals surface area contributed by atoms with Gasteiger partial charge < -0.3 is 10.3 Å². The highest BCUT2D eigenvalue weighted by Crippen LogP contribution is 2.29. The van der Waals surface area contributed by atoms with Crippen LogP contribution in [-0.4, -0.2) is 19.7 Å². The second-order valence-electron chi connectivity index (χ2n) is 5.35. The lowest BCUT2D eigenvalue weighted by molar-refractivity contribution is 0.734. The number of benzene rings is 1. The molecule has 0 aliphatic rings. The van der Waals surface area contributed by atoms with Gasteiger partial charge in [-0.1, -0.05) is 37.6 Å². The van der Waals surface area contributed by atoms with Crippen molar-refractivity contribution in [1.29, 1.82) is 0 Å². The molecule has 2 N–H and O–H groups in total. The molecule has 6 heteroatoms. The molecule has 0 unspecified atom stereocenters. The molecular weight excluding hydrogens is 298 g/mol. The smallest absolute Gasteiger partial charge is 0.125 e. The van der Waals surface area contributed by atoms with Gasteiger partial charge in [0.1, 0.15) is 5.82 Å². The number of imidazole rings is 1. The first-order valence-electron chi connectivity index (χ1n) is 7.21. The van der Waals surface area contributed by atoms with Crippen molar-refractivity contribution in [2.75, 3.05) is 5.32 Å². The number of nitrogens with one attached hydrogen (secondary N) is 2. The number of nitrogens with zero attached hydrogens (tertiary/aromatic N) is 3. The van der Waals surface area contributed by atoms with Crippen LogP contribution in [0.4, 0.5) is 5.69 Å². The third-order valence-corrected chi connectivity index (χ3v) is 3.75. The summed E-state index contributed by atoms with van der Waals surface area (Å²) in [5.41, 5.74) is 2.98. The van der Waals surface area contributed by atoms with Crippen molar-refractivity contribution in [3.05, 3.63) is 59.4 Å². The Morgan fingerprint density at radius 3 is 2.82 bits per heavy atom. The van der Waals surface area contributed by atoms with Gasteiger partial charge in [-0.2, -0.15) is 5.10 Å². The van der Waals surface area contributed by atoms with Crippen molar-refractivity contribution in [3.63, 3.8) is 0 Å². The summed E-state index contributed by atoms with van der Waals surface area (Å²) in [4.78, 5) is 7.30. The predicted molar refractivity (Wildman–Crippen MR) is 88.6 cm³/mol. The Kier molecular flexibility index (Phi) is 4.15. The highest BCUT2D eigenvalue weighted by molar-refractivity contribution is 6.32. The van der Waals surface area contributed by atoms with Crippen LogP contribution >= 0.6 is 11.6 Å². The van der Waals surface area contributed by atoms with Gasteiger partial charge in [0, 0.05) is 12.4 Å². The number of rotatable bonds is 5. The van der Waals surface area contributed by atoms with Gasteiger partial charge in [-0.25, -0.2) is 9.67 Å². The highest BCUT2D eigenvalue weighted by Gasteiger charge is 2.17. The Morgan fingerprint density at radius 1 is 1.32 bits per heavy atom. The number of halogens is 1. The molecular formula is C16H18ClN5. The zero-order valence-electron chi connectivity index (χ0n) is 12.5. The molecule has 0 saturated carbocycles. The maximum absolute atomic E-state index is 6.31. The van der Waals surface area contributed by atoms with Gasteiger partial charge >= 0.3 is 0 Å². The van der Waals surface area contributed by atoms with E-state index in [1.807, 2.05) is 41.3 Å². The van der Waals surface area contributed by atoms with E-state index >= 15 is 0 Å². The Labute approximate surface area is 134 Å². The zero-order chi connectivity index (χ0) is 15.5. The monoisotopic (exact) mass is 315 g/mol. The van der Waals surface area contributed by atoms with E-state index in [4.69, 9.17) is 11.6 Å². The second kappa shape index (κ2) is 6.23. The van der Waals surface area contributed by atoms with Crippen LogP contribution in [0.3, 0.4) is 0 Å². The summed E-state index contributed by atoms with van der Waals surface area (Å²) in [6.45, 7) is 4.91. The Hall–Kier alpha value is -2.27. The second-order valence-corrected chi connectivity index (χ2v) is 5.76. The standard InChI is InChI=1S/C16H18ClN5/c1-11(2)16-13(20-10-15-18-7-8-19-15)9-21-22(16)14-6-4-3-5-12(14)17/h3-9,11,20H,10H2,1-2H3,(H,18,19). The molecule has 0 spiro atoms. The average Bonchev–Trinajstić information content (AvgIpc) is 3.15. The lowest BCUT2D eigenvalue weighted by Gasteiger charge is -2.14. The maximum atomic E-state index is 6.31. The molecule has 0 radical (unpaired) electrons. The van der Waals surface area contributed by atoms with E-state index in [-0.39, 0.29) is 0 Å². The summed E-state index contributed by atoms with van der Waals surface area (Å²) in [5, 5.41) is 8.58. The molecule has 3 rings (SSSR count). The van der Waals surface area contributed by atoms with Crippen LogP contribution in [0.15, 0.2) is 42.9 Å². The van der Waals surface area contributed by atoms with Crippen LogP contribution in [0.5, 0.6) is 0 Å². The normalized spacial score (nSPS) is 11.1. The number of hydrogen-bond acceptors (Lipinski definition) is 3. The molecule has 0 bridgehead atoms. The van der Waals surface area contributed by atoms with Gasteiger partial charge in [-0.15, -0.1) is 0 Å². The fraction of sp³-hybridized carbons (Fsp3) is 0.250. The summed E-state index contributed by atoms with van der Waals surface area (Å²) in [6.07, 6.45) is 5.39. The SMILES string of the molecule is CC(C)c1c(NCc2ncc[nH]2)cnn1-c1ccccc1Cl. The summed E-state index contributed by atoms with van der Waals surface area (Å²) < 4.78 is 1.90. The molecule has 3 aromatic rings. The molecule has 0 fully saturated rings. The van der Waals surface area contributed by atoms with Crippen LogP contribution in [0.1, 0.15) is 31.3 Å². The predicted octanol–water partition coefficient (Wildman–Crippen LogP) is 3.98. The Bertz CT molecular complexity index is 746. The molecule has 0 amide bonds. The maximum Gasteiger partial charge on any atom is 0.125 e. The minimum atomic E-state index is 0.304. The minimum Gasteiger partial charge on any atom is -0.375 e. The van der Waals surface area contributed by atoms with Crippen molar-refractivity contribution < 1.29 is 0 Å². The molecule has 1 aromatic carbocycles. The highest BCUT2D eigenvalue weighted by atomic mass is 35.5. The molecule has 0 aliphatic carbocycles. The lowest BCUT2D eigenvalue weighted by atomic mass is 10.1. The number of aromatic amines is 1. The number of anilines is 1. The topological polar surface area (TPSA) is 58.5 Å². The van der Waals surface area contributed by atoms with Gasteiger partial charge in [0.15, 0.2) is 0 Å². The largest absolute Gasteiger partial charge is 0.375 e. The third-order valence-electron chi connectivity index (χ3n) is 3.44. The van der Waals surface area contributed by atoms with E-state index in [0.717, 1.165) is 22.9 Å². The van der Waals surface area contributed by atoms with E-state index in [1.54, 1.807) is 6.20 Å². The van der Waals surface area contributed by atoms with Crippen molar-refractivity contribution in [2.24, 2.45) is 0 Å². The molecule has 5 nitrogen and oxygen atoms in total. The lowest BCUT2D eigenvalue weighted by Crippen LogP contribution is -2.08. The average molecular weight is 316 g/mol. The molecule has 114 valence electrons. The van der Waals surface area contributed by atoms with Gasteiger partial charge in [-0.05, 0) is 18.1 Å². The fourth-order valence-electron chi connectivity index (χ4n) is 2.44. The van der Waals surface area contributed by atoms with Crippen molar-refractivity contribution >= 4 is 17.3 Å². The van der Waals surface area contributed by atoms with E-state index < -0.39 is 0 Å². The van der Waals surface area contributed by atoms with E-state index in [0.29, 0.717) is 17.5 Å². The van der Waals surface area contributed by atoms with Crippen LogP contribution in [-0.2, 0) is 6.54 Å². The summed E-state index contributed by atoms with van der Waals surface area (Å²) >= 11 is 6.31. The summed E-state index contributed by atoms with van der Waals surface area (Å²) in [7, 11) is 0. The van der Waals surface area contributed by atoms with Gasteiger partial charge in [0.25, 0.3) is 0 Å².